The van der Waals surface area contributed by atoms with Crippen LogP contribution in [0.5, 0.6) is 0 Å². The molecule has 2 N–H and O–H groups in total. The van der Waals surface area contributed by atoms with Crippen LogP contribution in [0.4, 0.5) is 0 Å². The molecule has 0 aliphatic heterocycles. The minimum absolute atomic E-state index is 0.00907. The number of carbonyl (C=O) groups excluding carboxylic acids is 1. The maximum Gasteiger partial charge on any atom is 0.268 e. The SMILES string of the molecule is CC/C=C\C/C=C\C/C=C\C/C=C\C/C=C\C/C=C\CCCCCCCCCCCCCCC(=O)NC(COP(=O)([O-])OCC[N+](C)(C)C)C(O)CCCCCCCCCCC. The summed E-state index contributed by atoms with van der Waals surface area (Å²) < 4.78 is 23.2. The van der Waals surface area contributed by atoms with Gasteiger partial charge in [0.1, 0.15) is 13.2 Å². The van der Waals surface area contributed by atoms with E-state index in [1.54, 1.807) is 0 Å². The summed E-state index contributed by atoms with van der Waals surface area (Å²) in [4.78, 5) is 25.3. The number of carbonyl (C=O) groups is 1. The van der Waals surface area contributed by atoms with Gasteiger partial charge in [-0.3, -0.25) is 9.36 Å². The summed E-state index contributed by atoms with van der Waals surface area (Å²) in [5.74, 6) is -0.172. The van der Waals surface area contributed by atoms with Crippen molar-refractivity contribution in [1.29, 1.82) is 0 Å². The summed E-state index contributed by atoms with van der Waals surface area (Å²) in [6, 6.07) is -0.802. The molecular weight excluding hydrogens is 792 g/mol. The molecule has 0 radical (unpaired) electrons. The zero-order valence-electron chi connectivity index (χ0n) is 40.8. The molecular formula is C53H97N2O6P. The first-order valence-electron chi connectivity index (χ1n) is 25.3. The molecule has 0 aromatic carbocycles. The number of aliphatic hydroxyl groups excluding tert-OH is 1. The van der Waals surface area contributed by atoms with E-state index in [0.717, 1.165) is 77.0 Å². The third-order valence-electron chi connectivity index (χ3n) is 11.0. The van der Waals surface area contributed by atoms with Crippen LogP contribution in [-0.4, -0.2) is 68.5 Å². The van der Waals surface area contributed by atoms with Crippen LogP contribution in [0.2, 0.25) is 0 Å². The first-order valence-corrected chi connectivity index (χ1v) is 26.7. The molecule has 3 unspecified atom stereocenters. The van der Waals surface area contributed by atoms with E-state index < -0.39 is 20.0 Å². The van der Waals surface area contributed by atoms with Crippen molar-refractivity contribution in [3.05, 3.63) is 72.9 Å². The number of likely N-dealkylation sites (N-methyl/N-ethyl adjacent to an activating group) is 1. The van der Waals surface area contributed by atoms with Gasteiger partial charge in [0.15, 0.2) is 0 Å². The number of amides is 1. The van der Waals surface area contributed by atoms with Crippen molar-refractivity contribution in [2.75, 3.05) is 40.9 Å². The standard InChI is InChI=1S/C53H97N2O6P/c1-6-8-10-12-14-16-17-18-19-20-21-22-23-24-25-26-27-28-29-30-31-32-33-34-35-36-37-39-41-43-45-47-53(57)54-51(50-61-62(58,59)60-49-48-55(3,4)5)52(56)46-44-42-40-38-15-13-11-9-7-2/h8,10,14,16,18-19,21-22,24-25,27-28,51-52,56H,6-7,9,11-13,15,17,20,23,26,29-50H2,1-5H3,(H-,54,57,58,59)/b10-8-,16-14-,19-18-,22-21-,25-24-,28-27-. The second-order valence-corrected chi connectivity index (χ2v) is 19.6. The largest absolute Gasteiger partial charge is 0.756 e. The molecule has 0 fully saturated rings. The maximum atomic E-state index is 12.9. The number of phosphoric acid groups is 1. The number of aliphatic hydroxyl groups is 1. The molecule has 8 nitrogen and oxygen atoms in total. The number of hydrogen-bond donors (Lipinski definition) is 2. The quantitative estimate of drug-likeness (QED) is 0.0273. The molecule has 0 aromatic heterocycles. The topological polar surface area (TPSA) is 108 Å². The van der Waals surface area contributed by atoms with Gasteiger partial charge in [0, 0.05) is 6.42 Å². The zero-order chi connectivity index (χ0) is 45.7. The van der Waals surface area contributed by atoms with Gasteiger partial charge < -0.3 is 28.8 Å². The van der Waals surface area contributed by atoms with Gasteiger partial charge in [-0.2, -0.15) is 0 Å². The molecule has 0 saturated carbocycles. The summed E-state index contributed by atoms with van der Waals surface area (Å²) in [5, 5.41) is 13.9. The van der Waals surface area contributed by atoms with Crippen molar-refractivity contribution >= 4 is 13.7 Å². The second-order valence-electron chi connectivity index (χ2n) is 18.1. The fourth-order valence-corrected chi connectivity index (χ4v) is 7.71. The highest BCUT2D eigenvalue weighted by Gasteiger charge is 2.24. The molecule has 0 bridgehead atoms. The molecule has 360 valence electrons. The van der Waals surface area contributed by atoms with Crippen LogP contribution in [0.1, 0.15) is 206 Å². The van der Waals surface area contributed by atoms with Gasteiger partial charge in [-0.25, -0.2) is 0 Å². The third-order valence-corrected chi connectivity index (χ3v) is 11.9. The smallest absolute Gasteiger partial charge is 0.268 e. The van der Waals surface area contributed by atoms with Crippen LogP contribution >= 0.6 is 7.82 Å². The van der Waals surface area contributed by atoms with Crippen molar-refractivity contribution in [2.45, 2.75) is 219 Å². The van der Waals surface area contributed by atoms with Crippen molar-refractivity contribution in [3.8, 4) is 0 Å². The number of rotatable bonds is 45. The predicted molar refractivity (Wildman–Crippen MR) is 265 cm³/mol. The van der Waals surface area contributed by atoms with Crippen LogP contribution in [0.25, 0.3) is 0 Å². The minimum atomic E-state index is -4.56. The maximum absolute atomic E-state index is 12.9. The van der Waals surface area contributed by atoms with Gasteiger partial charge in [0.05, 0.1) is 39.9 Å². The third kappa shape index (κ3) is 45.9. The molecule has 0 spiro atoms. The summed E-state index contributed by atoms with van der Waals surface area (Å²) in [6.45, 7) is 4.57. The molecule has 1 amide bonds. The Morgan fingerprint density at radius 2 is 0.984 bits per heavy atom. The molecule has 0 aliphatic rings. The Labute approximate surface area is 383 Å². The van der Waals surface area contributed by atoms with Crippen LogP contribution in [0.15, 0.2) is 72.9 Å². The molecule has 0 aromatic rings. The lowest BCUT2D eigenvalue weighted by molar-refractivity contribution is -0.870. The number of quaternary nitrogens is 1. The Kier molecular flexibility index (Phi) is 42.7. The molecule has 3 atom stereocenters. The lowest BCUT2D eigenvalue weighted by atomic mass is 10.0. The van der Waals surface area contributed by atoms with Gasteiger partial charge in [0.2, 0.25) is 5.91 Å². The molecule has 0 rings (SSSR count). The predicted octanol–water partition coefficient (Wildman–Crippen LogP) is 14.1. The average Bonchev–Trinajstić information content (AvgIpc) is 3.23. The van der Waals surface area contributed by atoms with Crippen LogP contribution in [0.3, 0.4) is 0 Å². The van der Waals surface area contributed by atoms with E-state index in [1.165, 1.54) is 103 Å². The van der Waals surface area contributed by atoms with E-state index in [9.17, 15) is 19.4 Å². The first-order chi connectivity index (χ1) is 30.0. The Morgan fingerprint density at radius 1 is 0.581 bits per heavy atom. The van der Waals surface area contributed by atoms with Crippen LogP contribution < -0.4 is 10.2 Å². The summed E-state index contributed by atoms with van der Waals surface area (Å²) in [6.07, 6.45) is 59.3. The monoisotopic (exact) mass is 889 g/mol. The van der Waals surface area contributed by atoms with E-state index in [-0.39, 0.29) is 19.1 Å². The Bertz CT molecular complexity index is 1240. The second kappa shape index (κ2) is 44.2. The van der Waals surface area contributed by atoms with E-state index >= 15 is 0 Å². The molecule has 0 saturated heterocycles. The Hall–Kier alpha value is -2.06. The lowest BCUT2D eigenvalue weighted by Crippen LogP contribution is -2.46. The van der Waals surface area contributed by atoms with E-state index in [2.05, 4.69) is 92.1 Å². The minimum Gasteiger partial charge on any atom is -0.756 e. The molecule has 62 heavy (non-hydrogen) atoms. The van der Waals surface area contributed by atoms with E-state index in [1.807, 2.05) is 21.1 Å². The summed E-state index contributed by atoms with van der Waals surface area (Å²) >= 11 is 0. The number of nitrogens with one attached hydrogen (secondary N) is 1. The van der Waals surface area contributed by atoms with Crippen molar-refractivity contribution in [1.82, 2.24) is 5.32 Å². The highest BCUT2D eigenvalue weighted by Crippen LogP contribution is 2.38. The normalized spacial score (nSPS) is 14.8. The average molecular weight is 889 g/mol. The number of allylic oxidation sites excluding steroid dienone is 12. The fraction of sp³-hybridized carbons (Fsp3) is 0.755. The summed E-state index contributed by atoms with van der Waals surface area (Å²) in [5.41, 5.74) is 0. The van der Waals surface area contributed by atoms with Gasteiger partial charge >= 0.3 is 0 Å². The fourth-order valence-electron chi connectivity index (χ4n) is 6.98. The van der Waals surface area contributed by atoms with Crippen molar-refractivity contribution in [3.63, 3.8) is 0 Å². The summed E-state index contributed by atoms with van der Waals surface area (Å²) in [7, 11) is 1.29. The zero-order valence-corrected chi connectivity index (χ0v) is 41.7. The molecule has 0 heterocycles. The Balaban J connectivity index is 4.05. The van der Waals surface area contributed by atoms with Gasteiger partial charge in [-0.05, 0) is 64.2 Å². The van der Waals surface area contributed by atoms with Gasteiger partial charge in [0.25, 0.3) is 7.82 Å². The van der Waals surface area contributed by atoms with Crippen LogP contribution in [0, 0.1) is 0 Å². The highest BCUT2D eigenvalue weighted by atomic mass is 31.2. The molecule has 0 aliphatic carbocycles. The number of unbranched alkanes of at least 4 members (excludes halogenated alkanes) is 20. The lowest BCUT2D eigenvalue weighted by Gasteiger charge is -2.30. The van der Waals surface area contributed by atoms with Crippen molar-refractivity contribution < 1.29 is 32.9 Å². The van der Waals surface area contributed by atoms with E-state index in [4.69, 9.17) is 9.05 Å². The molecule has 9 heteroatoms. The number of phosphoric ester groups is 1. The first kappa shape index (κ1) is 59.9. The van der Waals surface area contributed by atoms with Gasteiger partial charge in [-0.15, -0.1) is 0 Å². The number of nitrogens with zero attached hydrogens (tertiary/aromatic N) is 1. The van der Waals surface area contributed by atoms with Gasteiger partial charge in [-0.1, -0.05) is 209 Å². The Morgan fingerprint density at radius 3 is 1.44 bits per heavy atom. The number of hydrogen-bond acceptors (Lipinski definition) is 6. The highest BCUT2D eigenvalue weighted by molar-refractivity contribution is 7.45. The van der Waals surface area contributed by atoms with Crippen molar-refractivity contribution in [2.24, 2.45) is 0 Å². The van der Waals surface area contributed by atoms with Crippen LogP contribution in [-0.2, 0) is 18.4 Å². The van der Waals surface area contributed by atoms with E-state index in [0.29, 0.717) is 23.9 Å².